The van der Waals surface area contributed by atoms with Gasteiger partial charge in [0.2, 0.25) is 35.4 Å². The van der Waals surface area contributed by atoms with Crippen molar-refractivity contribution in [1.29, 1.82) is 0 Å². The normalized spacial score (nSPS) is 21.5. The van der Waals surface area contributed by atoms with Crippen LogP contribution in [0.25, 0.3) is 0 Å². The highest BCUT2D eigenvalue weighted by atomic mass is 35.5. The van der Waals surface area contributed by atoms with Gasteiger partial charge in [-0.3, -0.25) is 19.2 Å². The van der Waals surface area contributed by atoms with Crippen molar-refractivity contribution in [3.05, 3.63) is 163 Å². The van der Waals surface area contributed by atoms with Crippen LogP contribution in [-0.2, 0) is 19.2 Å². The van der Waals surface area contributed by atoms with Crippen molar-refractivity contribution in [2.75, 3.05) is 0 Å². The average Bonchev–Trinajstić information content (AvgIpc) is 3.94. The zero-order valence-electron chi connectivity index (χ0n) is 37.6. The minimum absolute atomic E-state index is 0.208. The molecule has 0 aliphatic carbocycles. The van der Waals surface area contributed by atoms with E-state index in [9.17, 15) is 29.4 Å². The van der Waals surface area contributed by atoms with Gasteiger partial charge in [-0.2, -0.15) is 0 Å². The van der Waals surface area contributed by atoms with E-state index in [1.54, 1.807) is 60.0 Å². The second kappa shape index (κ2) is 22.1. The van der Waals surface area contributed by atoms with Crippen LogP contribution in [0.5, 0.6) is 0 Å². The average molecular weight is 1000 g/mol. The molecular formula is C50H50Cl4N6O8. The van der Waals surface area contributed by atoms with Crippen molar-refractivity contribution < 1.29 is 38.2 Å². The highest BCUT2D eigenvalue weighted by Crippen LogP contribution is 2.52. The number of rotatable bonds is 14. The minimum atomic E-state index is -1.02. The number of likely N-dealkylation sites (tertiary alicyclic amines) is 2. The molecule has 8 rings (SSSR count). The third-order valence-corrected chi connectivity index (χ3v) is 13.5. The lowest BCUT2D eigenvalue weighted by Gasteiger charge is -2.47. The third kappa shape index (κ3) is 11.4. The predicted octanol–water partition coefficient (Wildman–Crippen LogP) is 12.0. The van der Waals surface area contributed by atoms with Crippen LogP contribution in [-0.4, -0.2) is 64.2 Å². The van der Waals surface area contributed by atoms with E-state index in [0.717, 1.165) is 22.3 Å². The van der Waals surface area contributed by atoms with Crippen LogP contribution in [0.2, 0.25) is 20.1 Å². The van der Waals surface area contributed by atoms with Gasteiger partial charge in [-0.15, -0.1) is 20.4 Å². The summed E-state index contributed by atoms with van der Waals surface area (Å²) in [5.41, 5.74) is 3.62. The van der Waals surface area contributed by atoms with Gasteiger partial charge >= 0.3 is 11.9 Å². The second-order valence-electron chi connectivity index (χ2n) is 17.0. The Morgan fingerprint density at radius 1 is 0.574 bits per heavy atom. The fraction of sp³-hybridized carbons (Fsp3) is 0.360. The number of nitrogens with zero attached hydrogens (tertiary/aromatic N) is 6. The standard InChI is InChI=1S/2C25H25Cl2N3O4/c2*1-3-21(24-29-28-14(2)34-24)30-23(15-7-9-18(26)10-8-15)20(16-5-4-6-19(27)11-16)12-17(25(30)33)13-22(31)32/h2*4-11,17,20-21,23H,3,12-13H2,1-2H3,(H,31,32)/t17-,20-,21+,23-;17-,20-,21-,23-/m11/s1. The van der Waals surface area contributed by atoms with Gasteiger partial charge in [0.1, 0.15) is 12.1 Å². The fourth-order valence-electron chi connectivity index (χ4n) is 9.70. The molecule has 2 saturated heterocycles. The Balaban J connectivity index is 0.000000201. The van der Waals surface area contributed by atoms with Gasteiger partial charge < -0.3 is 28.8 Å². The van der Waals surface area contributed by atoms with Crippen molar-refractivity contribution in [1.82, 2.24) is 30.2 Å². The Morgan fingerprint density at radius 2 is 0.941 bits per heavy atom. The first kappa shape index (κ1) is 50.1. The van der Waals surface area contributed by atoms with E-state index in [0.29, 0.717) is 69.3 Å². The van der Waals surface area contributed by atoms with Gasteiger partial charge in [0.15, 0.2) is 0 Å². The first-order valence-corrected chi connectivity index (χ1v) is 23.8. The summed E-state index contributed by atoms with van der Waals surface area (Å²) in [6, 6.07) is 27.9. The molecule has 4 heterocycles. The van der Waals surface area contributed by atoms with Crippen LogP contribution in [0.1, 0.15) is 134 Å². The van der Waals surface area contributed by atoms with Crippen LogP contribution in [0, 0.1) is 25.7 Å². The zero-order valence-corrected chi connectivity index (χ0v) is 40.7. The molecule has 18 heteroatoms. The molecule has 0 unspecified atom stereocenters. The first-order chi connectivity index (χ1) is 32.6. The molecule has 68 heavy (non-hydrogen) atoms. The lowest BCUT2D eigenvalue weighted by atomic mass is 9.74. The van der Waals surface area contributed by atoms with E-state index in [-0.39, 0.29) is 36.5 Å². The molecule has 2 aliphatic heterocycles. The number of benzene rings is 4. The molecule has 4 aromatic carbocycles. The topological polar surface area (TPSA) is 193 Å². The lowest BCUT2D eigenvalue weighted by molar-refractivity contribution is -0.153. The number of aromatic nitrogens is 4. The molecule has 2 N–H and O–H groups in total. The van der Waals surface area contributed by atoms with Gasteiger partial charge in [0, 0.05) is 57.6 Å². The first-order valence-electron chi connectivity index (χ1n) is 22.3. The van der Waals surface area contributed by atoms with E-state index in [4.69, 9.17) is 55.2 Å². The van der Waals surface area contributed by atoms with E-state index >= 15 is 0 Å². The van der Waals surface area contributed by atoms with Crippen LogP contribution in [0.3, 0.4) is 0 Å². The number of piperidine rings is 2. The smallest absolute Gasteiger partial charge is 0.304 e. The van der Waals surface area contributed by atoms with Crippen molar-refractivity contribution in [2.45, 2.75) is 102 Å². The maximum atomic E-state index is 13.9. The molecule has 2 fully saturated rings. The largest absolute Gasteiger partial charge is 0.481 e. The van der Waals surface area contributed by atoms with Crippen molar-refractivity contribution in [3.63, 3.8) is 0 Å². The Hall–Kier alpha value is -5.80. The summed E-state index contributed by atoms with van der Waals surface area (Å²) >= 11 is 25.0. The van der Waals surface area contributed by atoms with Gasteiger partial charge in [0.05, 0.1) is 24.9 Å². The van der Waals surface area contributed by atoms with Gasteiger partial charge in [-0.05, 0) is 96.5 Å². The molecular weight excluding hydrogens is 954 g/mol. The zero-order chi connectivity index (χ0) is 48.8. The maximum absolute atomic E-state index is 13.9. The molecule has 2 amide bonds. The Bertz CT molecular complexity index is 2550. The fourth-order valence-corrected chi connectivity index (χ4v) is 10.4. The number of carbonyl (C=O) groups is 4. The highest BCUT2D eigenvalue weighted by molar-refractivity contribution is 6.31. The number of halogens is 4. The quantitative estimate of drug-likeness (QED) is 0.105. The van der Waals surface area contributed by atoms with E-state index in [1.165, 1.54) is 0 Å². The number of carboxylic acid groups (broad SMARTS) is 2. The van der Waals surface area contributed by atoms with E-state index in [2.05, 4.69) is 20.4 Å². The Labute approximate surface area is 413 Å². The number of amides is 2. The van der Waals surface area contributed by atoms with Gasteiger partial charge in [0.25, 0.3) is 0 Å². The summed E-state index contributed by atoms with van der Waals surface area (Å²) in [7, 11) is 0. The molecule has 6 aromatic rings. The highest BCUT2D eigenvalue weighted by Gasteiger charge is 2.49. The molecule has 356 valence electrons. The molecule has 2 aromatic heterocycles. The molecule has 0 saturated carbocycles. The maximum Gasteiger partial charge on any atom is 0.304 e. The number of hydrogen-bond donors (Lipinski definition) is 2. The van der Waals surface area contributed by atoms with E-state index < -0.39 is 47.9 Å². The molecule has 0 radical (unpaired) electrons. The molecule has 2 aliphatic rings. The summed E-state index contributed by atoms with van der Waals surface area (Å²) in [5, 5.41) is 37.7. The van der Waals surface area contributed by atoms with Crippen LogP contribution in [0.15, 0.2) is 106 Å². The number of hydrogen-bond acceptors (Lipinski definition) is 10. The van der Waals surface area contributed by atoms with Gasteiger partial charge in [-0.25, -0.2) is 0 Å². The Kier molecular flexibility index (Phi) is 16.3. The monoisotopic (exact) mass is 1000 g/mol. The van der Waals surface area contributed by atoms with Crippen LogP contribution in [0.4, 0.5) is 0 Å². The molecule has 0 spiro atoms. The summed E-state index contributed by atoms with van der Waals surface area (Å²) < 4.78 is 11.5. The molecule has 14 nitrogen and oxygen atoms in total. The summed E-state index contributed by atoms with van der Waals surface area (Å²) in [6.07, 6.45) is 1.24. The lowest BCUT2D eigenvalue weighted by Crippen LogP contribution is -2.49. The van der Waals surface area contributed by atoms with Crippen LogP contribution >= 0.6 is 46.4 Å². The molecule has 8 atom stereocenters. The van der Waals surface area contributed by atoms with Crippen molar-refractivity contribution in [2.24, 2.45) is 11.8 Å². The minimum Gasteiger partial charge on any atom is -0.481 e. The van der Waals surface area contributed by atoms with Crippen LogP contribution < -0.4 is 0 Å². The molecule has 0 bridgehead atoms. The number of aryl methyl sites for hydroxylation is 2. The van der Waals surface area contributed by atoms with Crippen molar-refractivity contribution >= 4 is 70.2 Å². The van der Waals surface area contributed by atoms with Gasteiger partial charge in [-0.1, -0.05) is 109 Å². The number of aliphatic carboxylic acids is 2. The Morgan fingerprint density at radius 3 is 1.24 bits per heavy atom. The summed E-state index contributed by atoms with van der Waals surface area (Å²) in [6.45, 7) is 7.26. The van der Waals surface area contributed by atoms with E-state index in [1.807, 2.05) is 74.5 Å². The number of carboxylic acids is 2. The second-order valence-corrected chi connectivity index (χ2v) is 18.8. The number of carbonyl (C=O) groups excluding carboxylic acids is 2. The summed E-state index contributed by atoms with van der Waals surface area (Å²) in [5.74, 6) is -2.91. The summed E-state index contributed by atoms with van der Waals surface area (Å²) in [4.78, 5) is 54.5. The van der Waals surface area contributed by atoms with Crippen molar-refractivity contribution in [3.8, 4) is 0 Å². The SMILES string of the molecule is CC[C@@H](c1nnc(C)o1)N1C(=O)[C@@H](CC(=O)O)C[C@H](c2cccc(Cl)c2)[C@H]1c1ccc(Cl)cc1.CC[C@H](c1nnc(C)o1)N1C(=O)[C@@H](CC(=O)O)C[C@H](c2cccc(Cl)c2)[C@H]1c1ccc(Cl)cc1. The third-order valence-electron chi connectivity index (χ3n) is 12.6. The predicted molar refractivity (Wildman–Crippen MR) is 255 cm³/mol.